The monoisotopic (exact) mass is 114 g/mol. The van der Waals surface area contributed by atoms with Crippen LogP contribution in [-0.2, 0) is 0 Å². The van der Waals surface area contributed by atoms with E-state index in [0.29, 0.717) is 0 Å². The minimum atomic E-state index is 0.887. The second-order valence-corrected chi connectivity index (χ2v) is 1.93. The van der Waals surface area contributed by atoms with Gasteiger partial charge in [-0.2, -0.15) is 0 Å². The van der Waals surface area contributed by atoms with Crippen LogP contribution in [0.3, 0.4) is 0 Å². The van der Waals surface area contributed by atoms with Crippen LogP contribution in [0.25, 0.3) is 0 Å². The fraction of sp³-hybridized carbons (Fsp3) is 0.200. The Bertz CT molecular complexity index is 140. The molecule has 0 aliphatic rings. The van der Waals surface area contributed by atoms with Crippen LogP contribution in [0.4, 0.5) is 0 Å². The lowest BCUT2D eigenvalue weighted by atomic mass is 10.5. The van der Waals surface area contributed by atoms with E-state index in [-0.39, 0.29) is 0 Å². The zero-order valence-corrected chi connectivity index (χ0v) is 4.90. The Kier molecular flexibility index (Phi) is 1.11. The third-order valence-electron chi connectivity index (χ3n) is 0.717. The lowest BCUT2D eigenvalue weighted by Crippen LogP contribution is -1.50. The molecule has 1 nitrogen and oxygen atoms in total. The first-order chi connectivity index (χ1) is 3.29. The van der Waals surface area contributed by atoms with Crippen LogP contribution < -0.4 is 0 Å². The topological polar surface area (TPSA) is 13.1 Å². The molecule has 0 aliphatic carbocycles. The maximum absolute atomic E-state index is 4.89. The molecule has 0 saturated heterocycles. The largest absolute Gasteiger partial charge is 0.468 e. The third kappa shape index (κ3) is 0.996. The second kappa shape index (κ2) is 1.62. The molecular formula is C5H6OS. The van der Waals surface area contributed by atoms with Gasteiger partial charge in [-0.3, -0.25) is 0 Å². The molecule has 0 aliphatic heterocycles. The molecule has 1 aromatic rings. The Morgan fingerprint density at radius 3 is 2.57 bits per heavy atom. The number of furan rings is 1. The quantitative estimate of drug-likeness (QED) is 0.508. The van der Waals surface area contributed by atoms with Gasteiger partial charge in [0.1, 0.15) is 12.0 Å². The van der Waals surface area contributed by atoms with Gasteiger partial charge in [-0.1, -0.05) is 0 Å². The van der Waals surface area contributed by atoms with Crippen LogP contribution in [0.5, 0.6) is 0 Å². The van der Waals surface area contributed by atoms with Crippen LogP contribution in [0.2, 0.25) is 0 Å². The zero-order chi connectivity index (χ0) is 5.28. The third-order valence-corrected chi connectivity index (χ3v) is 0.951. The maximum atomic E-state index is 4.89. The van der Waals surface area contributed by atoms with Crippen LogP contribution in [0, 0.1) is 6.92 Å². The Morgan fingerprint density at radius 1 is 1.71 bits per heavy atom. The van der Waals surface area contributed by atoms with Crippen LogP contribution in [0.1, 0.15) is 5.76 Å². The van der Waals surface area contributed by atoms with E-state index in [9.17, 15) is 0 Å². The van der Waals surface area contributed by atoms with Crippen molar-refractivity contribution in [2.45, 2.75) is 11.8 Å². The van der Waals surface area contributed by atoms with Crippen molar-refractivity contribution in [3.05, 3.63) is 18.1 Å². The minimum absolute atomic E-state index is 0.887. The number of hydrogen-bond acceptors (Lipinski definition) is 2. The van der Waals surface area contributed by atoms with Gasteiger partial charge < -0.3 is 4.42 Å². The van der Waals surface area contributed by atoms with Gasteiger partial charge in [0.15, 0.2) is 0 Å². The predicted molar refractivity (Wildman–Crippen MR) is 30.7 cm³/mol. The molecule has 1 rings (SSSR count). The molecule has 1 aromatic heterocycles. The van der Waals surface area contributed by atoms with Crippen molar-refractivity contribution in [3.63, 3.8) is 0 Å². The molecule has 0 bridgehead atoms. The van der Waals surface area contributed by atoms with Gasteiger partial charge in [-0.15, -0.1) is 12.6 Å². The van der Waals surface area contributed by atoms with Gasteiger partial charge in [-0.25, -0.2) is 0 Å². The summed E-state index contributed by atoms with van der Waals surface area (Å²) in [6.07, 6.45) is 1.61. The lowest BCUT2D eigenvalue weighted by molar-refractivity contribution is 0.530. The summed E-state index contributed by atoms with van der Waals surface area (Å²) < 4.78 is 4.89. The fourth-order valence-corrected chi connectivity index (χ4v) is 0.664. The summed E-state index contributed by atoms with van der Waals surface area (Å²) in [4.78, 5) is 0.887. The molecule has 38 valence electrons. The summed E-state index contributed by atoms with van der Waals surface area (Å²) >= 11 is 4.01. The van der Waals surface area contributed by atoms with E-state index in [1.54, 1.807) is 6.26 Å². The van der Waals surface area contributed by atoms with Gasteiger partial charge in [0.05, 0.1) is 0 Å². The predicted octanol–water partition coefficient (Wildman–Crippen LogP) is 1.88. The van der Waals surface area contributed by atoms with E-state index >= 15 is 0 Å². The van der Waals surface area contributed by atoms with Crippen molar-refractivity contribution in [2.24, 2.45) is 0 Å². The Hall–Kier alpha value is -0.370. The molecule has 1 heterocycles. The summed E-state index contributed by atoms with van der Waals surface area (Å²) in [7, 11) is 0. The summed E-state index contributed by atoms with van der Waals surface area (Å²) in [5.41, 5.74) is 0. The first-order valence-electron chi connectivity index (χ1n) is 2.03. The van der Waals surface area contributed by atoms with Crippen molar-refractivity contribution >= 4 is 12.6 Å². The molecule has 0 spiro atoms. The SMILES string of the molecule is Cc1cc(S)co1. The van der Waals surface area contributed by atoms with E-state index in [0.717, 1.165) is 10.7 Å². The Morgan fingerprint density at radius 2 is 2.43 bits per heavy atom. The normalized spacial score (nSPS) is 9.43. The van der Waals surface area contributed by atoms with E-state index in [4.69, 9.17) is 4.42 Å². The molecule has 0 amide bonds. The molecule has 7 heavy (non-hydrogen) atoms. The maximum Gasteiger partial charge on any atom is 0.104 e. The summed E-state index contributed by atoms with van der Waals surface area (Å²) in [5, 5.41) is 0. The van der Waals surface area contributed by atoms with Crippen molar-refractivity contribution in [1.29, 1.82) is 0 Å². The minimum Gasteiger partial charge on any atom is -0.468 e. The van der Waals surface area contributed by atoms with Crippen molar-refractivity contribution in [2.75, 3.05) is 0 Å². The van der Waals surface area contributed by atoms with Gasteiger partial charge in [0.2, 0.25) is 0 Å². The van der Waals surface area contributed by atoms with Crippen molar-refractivity contribution in [1.82, 2.24) is 0 Å². The van der Waals surface area contributed by atoms with Crippen LogP contribution in [0.15, 0.2) is 21.6 Å². The first-order valence-corrected chi connectivity index (χ1v) is 2.48. The standard InChI is InChI=1S/C5H6OS/c1-4-2-5(7)3-6-4/h2-3,7H,1H3. The average molecular weight is 114 g/mol. The summed E-state index contributed by atoms with van der Waals surface area (Å²) in [6, 6.07) is 1.86. The number of aryl methyl sites for hydroxylation is 1. The van der Waals surface area contributed by atoms with Gasteiger partial charge in [0, 0.05) is 4.90 Å². The van der Waals surface area contributed by atoms with Crippen LogP contribution in [-0.4, -0.2) is 0 Å². The molecular weight excluding hydrogens is 108 g/mol. The fourth-order valence-electron chi connectivity index (χ4n) is 0.430. The Labute approximate surface area is 47.7 Å². The molecule has 0 radical (unpaired) electrons. The highest BCUT2D eigenvalue weighted by atomic mass is 32.1. The van der Waals surface area contributed by atoms with Crippen LogP contribution >= 0.6 is 12.6 Å². The molecule has 0 unspecified atom stereocenters. The molecule has 0 N–H and O–H groups in total. The van der Waals surface area contributed by atoms with E-state index in [1.165, 1.54) is 0 Å². The van der Waals surface area contributed by atoms with Gasteiger partial charge in [0.25, 0.3) is 0 Å². The number of rotatable bonds is 0. The van der Waals surface area contributed by atoms with Gasteiger partial charge in [-0.05, 0) is 13.0 Å². The smallest absolute Gasteiger partial charge is 0.104 e. The molecule has 0 aromatic carbocycles. The van der Waals surface area contributed by atoms with E-state index in [2.05, 4.69) is 12.6 Å². The highest BCUT2D eigenvalue weighted by Crippen LogP contribution is 2.08. The summed E-state index contributed by atoms with van der Waals surface area (Å²) in [5.74, 6) is 0.907. The lowest BCUT2D eigenvalue weighted by Gasteiger charge is -1.69. The van der Waals surface area contributed by atoms with Crippen molar-refractivity contribution < 1.29 is 4.42 Å². The first kappa shape index (κ1) is 4.78. The summed E-state index contributed by atoms with van der Waals surface area (Å²) in [6.45, 7) is 1.89. The second-order valence-electron chi connectivity index (χ2n) is 1.42. The number of hydrogen-bond donors (Lipinski definition) is 1. The van der Waals surface area contributed by atoms with E-state index < -0.39 is 0 Å². The number of thiol groups is 1. The average Bonchev–Trinajstić information content (AvgIpc) is 1.87. The van der Waals surface area contributed by atoms with Crippen molar-refractivity contribution in [3.8, 4) is 0 Å². The van der Waals surface area contributed by atoms with Gasteiger partial charge >= 0.3 is 0 Å². The highest BCUT2D eigenvalue weighted by Gasteiger charge is 1.86. The highest BCUT2D eigenvalue weighted by molar-refractivity contribution is 7.80. The van der Waals surface area contributed by atoms with E-state index in [1.807, 2.05) is 13.0 Å². The molecule has 0 fully saturated rings. The molecule has 0 saturated carbocycles. The zero-order valence-electron chi connectivity index (χ0n) is 4.01. The molecule has 2 heteroatoms. The Balaban J connectivity index is 3.04. The molecule has 0 atom stereocenters.